The molecule has 0 aliphatic heterocycles. The molecule has 0 spiro atoms. The molecule has 0 aliphatic carbocycles. The monoisotopic (exact) mass is 285 g/mol. The Kier molecular flexibility index (Phi) is 3.90. The molecule has 0 unspecified atom stereocenters. The molecule has 0 saturated heterocycles. The molecule has 0 radical (unpaired) electrons. The molecule has 2 rings (SSSR count). The fourth-order valence-electron chi connectivity index (χ4n) is 1.55. The van der Waals surface area contributed by atoms with E-state index in [0.29, 0.717) is 11.3 Å². The van der Waals surface area contributed by atoms with Crippen LogP contribution in [0, 0.1) is 18.3 Å². The van der Waals surface area contributed by atoms with E-state index in [2.05, 4.69) is 10.5 Å². The Labute approximate surface area is 119 Å². The van der Waals surface area contributed by atoms with Crippen LogP contribution in [0.3, 0.4) is 0 Å². The van der Waals surface area contributed by atoms with Gasteiger partial charge in [0.15, 0.2) is 17.3 Å². The summed E-state index contributed by atoms with van der Waals surface area (Å²) in [7, 11) is 0. The van der Waals surface area contributed by atoms with E-state index in [1.54, 1.807) is 13.0 Å². The van der Waals surface area contributed by atoms with Crippen LogP contribution in [-0.2, 0) is 4.79 Å². The maximum absolute atomic E-state index is 11.9. The summed E-state index contributed by atoms with van der Waals surface area (Å²) in [6, 6.07) is 7.22. The van der Waals surface area contributed by atoms with E-state index in [0.717, 1.165) is 0 Å². The molecule has 0 atom stereocenters. The number of aryl methyl sites for hydroxylation is 1. The number of anilines is 1. The minimum absolute atomic E-state index is 0.180. The lowest BCUT2D eigenvalue weighted by Gasteiger charge is -2.01. The molecular formula is C14H11N3O4. The first kappa shape index (κ1) is 14.1. The molecule has 106 valence electrons. The molecule has 2 aromatic rings. The molecule has 1 amide bonds. The van der Waals surface area contributed by atoms with Gasteiger partial charge in [0.2, 0.25) is 0 Å². The van der Waals surface area contributed by atoms with Gasteiger partial charge >= 0.3 is 0 Å². The van der Waals surface area contributed by atoms with Crippen molar-refractivity contribution in [3.63, 3.8) is 0 Å². The number of phenolic OH excluding ortho intramolecular Hbond substituents is 2. The van der Waals surface area contributed by atoms with E-state index in [9.17, 15) is 15.0 Å². The molecule has 1 aromatic carbocycles. The van der Waals surface area contributed by atoms with Crippen LogP contribution in [0.4, 0.5) is 5.82 Å². The van der Waals surface area contributed by atoms with Crippen LogP contribution >= 0.6 is 0 Å². The summed E-state index contributed by atoms with van der Waals surface area (Å²) in [4.78, 5) is 11.9. The Hall–Kier alpha value is -3.27. The lowest BCUT2D eigenvalue weighted by molar-refractivity contribution is -0.112. The number of nitrogens with one attached hydrogen (secondary N) is 1. The third-order valence-corrected chi connectivity index (χ3v) is 2.55. The minimum Gasteiger partial charge on any atom is -0.504 e. The van der Waals surface area contributed by atoms with Crippen LogP contribution in [0.2, 0.25) is 0 Å². The van der Waals surface area contributed by atoms with Crippen LogP contribution in [0.25, 0.3) is 6.08 Å². The number of hydrogen-bond acceptors (Lipinski definition) is 6. The third-order valence-electron chi connectivity index (χ3n) is 2.55. The Balaban J connectivity index is 2.22. The van der Waals surface area contributed by atoms with E-state index in [1.165, 1.54) is 30.3 Å². The van der Waals surface area contributed by atoms with E-state index in [-0.39, 0.29) is 22.9 Å². The Morgan fingerprint density at radius 3 is 2.71 bits per heavy atom. The van der Waals surface area contributed by atoms with Gasteiger partial charge in [0.1, 0.15) is 17.4 Å². The maximum atomic E-state index is 11.9. The molecule has 21 heavy (non-hydrogen) atoms. The van der Waals surface area contributed by atoms with Crippen molar-refractivity contribution in [3.05, 3.63) is 41.2 Å². The fourth-order valence-corrected chi connectivity index (χ4v) is 1.55. The zero-order valence-corrected chi connectivity index (χ0v) is 11.0. The largest absolute Gasteiger partial charge is 0.504 e. The summed E-state index contributed by atoms with van der Waals surface area (Å²) >= 11 is 0. The molecule has 0 fully saturated rings. The Bertz CT molecular complexity index is 756. The van der Waals surface area contributed by atoms with Crippen molar-refractivity contribution in [2.45, 2.75) is 6.92 Å². The fraction of sp³-hybridized carbons (Fsp3) is 0.0714. The number of nitriles is 1. The van der Waals surface area contributed by atoms with E-state index >= 15 is 0 Å². The first-order valence-corrected chi connectivity index (χ1v) is 5.88. The van der Waals surface area contributed by atoms with Gasteiger partial charge in [0.05, 0.1) is 0 Å². The quantitative estimate of drug-likeness (QED) is 0.450. The summed E-state index contributed by atoms with van der Waals surface area (Å²) in [5.74, 6) is -0.552. The van der Waals surface area contributed by atoms with Gasteiger partial charge in [0.25, 0.3) is 5.91 Å². The van der Waals surface area contributed by atoms with Crippen molar-refractivity contribution in [2.24, 2.45) is 0 Å². The van der Waals surface area contributed by atoms with Crippen LogP contribution in [0.5, 0.6) is 11.5 Å². The number of aromatic hydroxyl groups is 2. The van der Waals surface area contributed by atoms with Crippen LogP contribution in [-0.4, -0.2) is 21.3 Å². The zero-order valence-electron chi connectivity index (χ0n) is 11.0. The number of benzene rings is 1. The van der Waals surface area contributed by atoms with Crippen molar-refractivity contribution in [3.8, 4) is 17.6 Å². The molecule has 7 heteroatoms. The lowest BCUT2D eigenvalue weighted by Crippen LogP contribution is -2.13. The number of aromatic nitrogens is 1. The van der Waals surface area contributed by atoms with Gasteiger partial charge in [0, 0.05) is 6.07 Å². The number of hydrogen-bond donors (Lipinski definition) is 3. The molecule has 0 saturated carbocycles. The molecular weight excluding hydrogens is 274 g/mol. The second kappa shape index (κ2) is 5.79. The summed E-state index contributed by atoms with van der Waals surface area (Å²) in [5.41, 5.74) is 0.217. The average molecular weight is 285 g/mol. The van der Waals surface area contributed by atoms with Crippen LogP contribution in [0.15, 0.2) is 34.4 Å². The smallest absolute Gasteiger partial charge is 0.267 e. The summed E-state index contributed by atoms with van der Waals surface area (Å²) in [5, 5.41) is 33.6. The third kappa shape index (κ3) is 3.39. The first-order chi connectivity index (χ1) is 9.99. The Morgan fingerprint density at radius 2 is 2.14 bits per heavy atom. The maximum Gasteiger partial charge on any atom is 0.267 e. The number of carbonyl (C=O) groups excluding carboxylic acids is 1. The van der Waals surface area contributed by atoms with Gasteiger partial charge in [-0.1, -0.05) is 11.2 Å². The summed E-state index contributed by atoms with van der Waals surface area (Å²) < 4.78 is 4.80. The normalized spacial score (nSPS) is 11.0. The lowest BCUT2D eigenvalue weighted by atomic mass is 10.1. The van der Waals surface area contributed by atoms with E-state index < -0.39 is 5.91 Å². The van der Waals surface area contributed by atoms with Gasteiger partial charge in [-0.05, 0) is 30.7 Å². The number of amides is 1. The molecule has 0 aliphatic rings. The molecule has 7 nitrogen and oxygen atoms in total. The highest BCUT2D eigenvalue weighted by atomic mass is 16.5. The standard InChI is InChI=1S/C14H11N3O4/c1-8-4-13(17-21-8)16-14(20)10(7-15)5-9-2-3-11(18)12(19)6-9/h2-6,18-19H,1H3,(H,16,17,20)/b10-5-. The number of rotatable bonds is 3. The van der Waals surface area contributed by atoms with Gasteiger partial charge in [-0.15, -0.1) is 0 Å². The van der Waals surface area contributed by atoms with Gasteiger partial charge in [-0.25, -0.2) is 0 Å². The summed E-state index contributed by atoms with van der Waals surface area (Å²) in [6.07, 6.45) is 1.28. The molecule has 1 heterocycles. The highest BCUT2D eigenvalue weighted by Crippen LogP contribution is 2.26. The molecule has 0 bridgehead atoms. The predicted molar refractivity (Wildman–Crippen MR) is 73.2 cm³/mol. The van der Waals surface area contributed by atoms with Crippen molar-refractivity contribution < 1.29 is 19.5 Å². The van der Waals surface area contributed by atoms with Gasteiger partial charge in [-0.3, -0.25) is 4.79 Å². The van der Waals surface area contributed by atoms with Gasteiger partial charge in [-0.2, -0.15) is 5.26 Å². The van der Waals surface area contributed by atoms with Crippen molar-refractivity contribution in [1.29, 1.82) is 5.26 Å². The van der Waals surface area contributed by atoms with Gasteiger partial charge < -0.3 is 20.1 Å². The Morgan fingerprint density at radius 1 is 1.38 bits per heavy atom. The van der Waals surface area contributed by atoms with Crippen LogP contribution < -0.4 is 5.32 Å². The second-order valence-corrected chi connectivity index (χ2v) is 4.19. The van der Waals surface area contributed by atoms with Crippen LogP contribution in [0.1, 0.15) is 11.3 Å². The van der Waals surface area contributed by atoms with E-state index in [4.69, 9.17) is 9.78 Å². The zero-order chi connectivity index (χ0) is 15.4. The SMILES string of the molecule is Cc1cc(NC(=O)/C(C#N)=C\c2ccc(O)c(O)c2)no1. The number of carbonyl (C=O) groups is 1. The highest BCUT2D eigenvalue weighted by molar-refractivity contribution is 6.09. The van der Waals surface area contributed by atoms with Crippen molar-refractivity contribution in [2.75, 3.05) is 5.32 Å². The first-order valence-electron chi connectivity index (χ1n) is 5.88. The highest BCUT2D eigenvalue weighted by Gasteiger charge is 2.12. The number of nitrogens with zero attached hydrogens (tertiary/aromatic N) is 2. The topological polar surface area (TPSA) is 119 Å². The molecule has 1 aromatic heterocycles. The second-order valence-electron chi connectivity index (χ2n) is 4.19. The van der Waals surface area contributed by atoms with Crippen molar-refractivity contribution >= 4 is 17.8 Å². The van der Waals surface area contributed by atoms with Crippen molar-refractivity contribution in [1.82, 2.24) is 5.16 Å². The number of phenols is 2. The predicted octanol–water partition coefficient (Wildman–Crippen LogP) is 1.94. The summed E-state index contributed by atoms with van der Waals surface area (Å²) in [6.45, 7) is 1.67. The van der Waals surface area contributed by atoms with E-state index in [1.807, 2.05) is 0 Å². The minimum atomic E-state index is -0.654. The molecule has 3 N–H and O–H groups in total. The average Bonchev–Trinajstić information content (AvgIpc) is 2.85.